The molecular formula is C7H14BrSe+. The van der Waals surface area contributed by atoms with Gasteiger partial charge in [-0.05, 0) is 0 Å². The first-order valence-electron chi connectivity index (χ1n) is 3.63. The van der Waals surface area contributed by atoms with E-state index in [1.54, 1.807) is 10.6 Å². The molecule has 0 aromatic carbocycles. The van der Waals surface area contributed by atoms with Crippen molar-refractivity contribution < 1.29 is 0 Å². The summed E-state index contributed by atoms with van der Waals surface area (Å²) in [5.41, 5.74) is 0. The fourth-order valence-corrected chi connectivity index (χ4v) is 7.90. The van der Waals surface area contributed by atoms with Gasteiger partial charge in [-0.1, -0.05) is 0 Å². The Labute approximate surface area is 70.4 Å². The SMILES string of the molecule is BrCC[Se+]1CCCCC1. The number of alkyl halides is 1. The topological polar surface area (TPSA) is 0 Å². The predicted molar refractivity (Wildman–Crippen MR) is 47.8 cm³/mol. The van der Waals surface area contributed by atoms with Crippen molar-refractivity contribution in [3.05, 3.63) is 0 Å². The summed E-state index contributed by atoms with van der Waals surface area (Å²) in [6, 6.07) is 0. The Bertz CT molecular complexity index is 66.6. The normalized spacial score (nSPS) is 22.3. The Kier molecular flexibility index (Phi) is 4.28. The molecule has 0 aromatic rings. The molecule has 0 aromatic heterocycles. The van der Waals surface area contributed by atoms with Gasteiger partial charge in [0.15, 0.2) is 0 Å². The molecule has 54 valence electrons. The van der Waals surface area contributed by atoms with Crippen LogP contribution < -0.4 is 0 Å². The first-order valence-corrected chi connectivity index (χ1v) is 8.39. The van der Waals surface area contributed by atoms with E-state index in [0.717, 1.165) is 0 Å². The van der Waals surface area contributed by atoms with Gasteiger partial charge in [-0.3, -0.25) is 0 Å². The van der Waals surface area contributed by atoms with E-state index in [2.05, 4.69) is 15.9 Å². The van der Waals surface area contributed by atoms with Gasteiger partial charge in [-0.15, -0.1) is 0 Å². The summed E-state index contributed by atoms with van der Waals surface area (Å²) in [5, 5.41) is 6.02. The van der Waals surface area contributed by atoms with Crippen molar-refractivity contribution in [3.8, 4) is 0 Å². The Hall–Kier alpha value is 0.999. The molecule has 0 nitrogen and oxygen atoms in total. The first kappa shape index (κ1) is 8.10. The van der Waals surface area contributed by atoms with Crippen LogP contribution in [-0.2, 0) is 0 Å². The molecule has 1 rings (SSSR count). The van der Waals surface area contributed by atoms with Gasteiger partial charge in [-0.2, -0.15) is 0 Å². The third kappa shape index (κ3) is 3.06. The van der Waals surface area contributed by atoms with Crippen molar-refractivity contribution in [2.75, 3.05) is 5.33 Å². The maximum atomic E-state index is 3.52. The molecule has 0 spiro atoms. The van der Waals surface area contributed by atoms with Crippen molar-refractivity contribution in [2.24, 2.45) is 0 Å². The molecule has 0 N–H and O–H groups in total. The molecule has 1 aliphatic heterocycles. The average Bonchev–Trinajstić information content (AvgIpc) is 1.91. The third-order valence-electron chi connectivity index (χ3n) is 1.73. The minimum absolute atomic E-state index is 0.0503. The zero-order valence-electron chi connectivity index (χ0n) is 5.74. The van der Waals surface area contributed by atoms with Crippen LogP contribution in [-0.4, -0.2) is 19.2 Å². The van der Waals surface area contributed by atoms with Gasteiger partial charge in [-0.25, -0.2) is 0 Å². The van der Waals surface area contributed by atoms with E-state index in [4.69, 9.17) is 0 Å². The van der Waals surface area contributed by atoms with Crippen LogP contribution in [0.3, 0.4) is 0 Å². The van der Waals surface area contributed by atoms with Crippen molar-refractivity contribution in [1.29, 1.82) is 0 Å². The van der Waals surface area contributed by atoms with Gasteiger partial charge in [0.05, 0.1) is 0 Å². The molecule has 1 saturated heterocycles. The zero-order valence-corrected chi connectivity index (χ0v) is 9.04. The van der Waals surface area contributed by atoms with Gasteiger partial charge >= 0.3 is 70.4 Å². The maximum absolute atomic E-state index is 3.52. The Balaban J connectivity index is 2.08. The molecule has 0 unspecified atom stereocenters. The number of hydrogen-bond acceptors (Lipinski definition) is 0. The van der Waals surface area contributed by atoms with Crippen LogP contribution in [0.5, 0.6) is 0 Å². The average molecular weight is 257 g/mol. The Morgan fingerprint density at radius 2 is 1.78 bits per heavy atom. The summed E-state index contributed by atoms with van der Waals surface area (Å²) in [6.07, 6.45) is 4.59. The van der Waals surface area contributed by atoms with E-state index in [1.807, 2.05) is 0 Å². The van der Waals surface area contributed by atoms with E-state index >= 15 is 0 Å². The molecule has 0 radical (unpaired) electrons. The summed E-state index contributed by atoms with van der Waals surface area (Å²) in [6.45, 7) is 0. The molecule has 2 heteroatoms. The first-order chi connectivity index (χ1) is 4.43. The van der Waals surface area contributed by atoms with E-state index in [1.165, 1.54) is 29.9 Å². The third-order valence-corrected chi connectivity index (χ3v) is 8.58. The van der Waals surface area contributed by atoms with Crippen molar-refractivity contribution in [2.45, 2.75) is 35.2 Å². The Morgan fingerprint density at radius 3 is 2.33 bits per heavy atom. The van der Waals surface area contributed by atoms with Crippen LogP contribution in [0.1, 0.15) is 19.3 Å². The van der Waals surface area contributed by atoms with Crippen LogP contribution in [0.4, 0.5) is 0 Å². The van der Waals surface area contributed by atoms with Crippen molar-refractivity contribution in [1.82, 2.24) is 0 Å². The van der Waals surface area contributed by atoms with Crippen molar-refractivity contribution >= 4 is 29.8 Å². The summed E-state index contributed by atoms with van der Waals surface area (Å²) in [5.74, 6) is 0. The van der Waals surface area contributed by atoms with E-state index in [9.17, 15) is 0 Å². The standard InChI is InChI=1S/C7H14BrSe/c8-4-7-9-5-2-1-3-6-9/h1-7H2/q+1. The second kappa shape index (κ2) is 4.76. The molecule has 0 aliphatic carbocycles. The van der Waals surface area contributed by atoms with Crippen LogP contribution >= 0.6 is 15.9 Å². The summed E-state index contributed by atoms with van der Waals surface area (Å²) in [4.78, 5) is 0. The molecule has 1 aliphatic rings. The number of hydrogen-bond donors (Lipinski definition) is 0. The monoisotopic (exact) mass is 257 g/mol. The molecule has 0 atom stereocenters. The fourth-order valence-electron chi connectivity index (χ4n) is 1.20. The van der Waals surface area contributed by atoms with E-state index in [-0.39, 0.29) is 13.9 Å². The minimum atomic E-state index is -0.0503. The van der Waals surface area contributed by atoms with Crippen LogP contribution in [0, 0.1) is 0 Å². The molecule has 9 heavy (non-hydrogen) atoms. The van der Waals surface area contributed by atoms with E-state index in [0.29, 0.717) is 0 Å². The number of halogens is 1. The summed E-state index contributed by atoms with van der Waals surface area (Å²) < 4.78 is 0. The molecule has 1 heterocycles. The molecule has 0 bridgehead atoms. The zero-order chi connectivity index (χ0) is 6.53. The second-order valence-corrected chi connectivity index (χ2v) is 8.41. The number of rotatable bonds is 2. The summed E-state index contributed by atoms with van der Waals surface area (Å²) in [7, 11) is 0. The van der Waals surface area contributed by atoms with Crippen LogP contribution in [0.25, 0.3) is 0 Å². The van der Waals surface area contributed by atoms with Gasteiger partial charge in [0, 0.05) is 0 Å². The van der Waals surface area contributed by atoms with Crippen LogP contribution in [0.2, 0.25) is 16.0 Å². The van der Waals surface area contributed by atoms with Gasteiger partial charge in [0.2, 0.25) is 0 Å². The molecule has 0 amide bonds. The molecular weight excluding hydrogens is 243 g/mol. The van der Waals surface area contributed by atoms with Crippen molar-refractivity contribution in [3.63, 3.8) is 0 Å². The predicted octanol–water partition coefficient (Wildman–Crippen LogP) is 3.06. The van der Waals surface area contributed by atoms with Crippen LogP contribution in [0.15, 0.2) is 0 Å². The molecule has 0 saturated carbocycles. The van der Waals surface area contributed by atoms with Gasteiger partial charge < -0.3 is 0 Å². The molecule has 1 fully saturated rings. The second-order valence-electron chi connectivity index (χ2n) is 2.47. The van der Waals surface area contributed by atoms with Gasteiger partial charge in [0.25, 0.3) is 0 Å². The quantitative estimate of drug-likeness (QED) is 0.526. The van der Waals surface area contributed by atoms with Gasteiger partial charge in [0.1, 0.15) is 0 Å². The summed E-state index contributed by atoms with van der Waals surface area (Å²) >= 11 is 3.47. The van der Waals surface area contributed by atoms with E-state index < -0.39 is 0 Å². The Morgan fingerprint density at radius 1 is 1.11 bits per heavy atom. The fraction of sp³-hybridized carbons (Fsp3) is 1.00.